The Morgan fingerprint density at radius 2 is 1.93 bits per heavy atom. The molecule has 1 amide bonds. The van der Waals surface area contributed by atoms with Crippen LogP contribution in [0.5, 0.6) is 0 Å². The van der Waals surface area contributed by atoms with Crippen molar-refractivity contribution in [3.05, 3.63) is 59.9 Å². The van der Waals surface area contributed by atoms with E-state index in [0.717, 1.165) is 68.5 Å². The number of carbonyl (C=O) groups is 1. The monoisotopic (exact) mass is 391 g/mol. The first-order valence-electron chi connectivity index (χ1n) is 10.3. The lowest BCUT2D eigenvalue weighted by Gasteiger charge is -2.32. The normalized spacial score (nSPS) is 17.3. The molecule has 8 nitrogen and oxygen atoms in total. The van der Waals surface area contributed by atoms with Gasteiger partial charge in [0.15, 0.2) is 0 Å². The number of fused-ring (bicyclic) bond motifs is 1. The average molecular weight is 391 g/mol. The molecule has 2 aliphatic rings. The minimum atomic E-state index is 0.197. The molecule has 1 N–H and O–H groups in total. The fourth-order valence-electron chi connectivity index (χ4n) is 4.28. The van der Waals surface area contributed by atoms with E-state index in [9.17, 15) is 4.79 Å². The molecule has 150 valence electrons. The molecule has 0 radical (unpaired) electrons. The van der Waals surface area contributed by atoms with E-state index < -0.39 is 0 Å². The lowest BCUT2D eigenvalue weighted by atomic mass is 9.95. The molecular weight excluding hydrogens is 366 g/mol. The number of rotatable bonds is 4. The van der Waals surface area contributed by atoms with Crippen LogP contribution in [-0.4, -0.2) is 55.0 Å². The zero-order chi connectivity index (χ0) is 19.6. The Labute approximate surface area is 169 Å². The minimum absolute atomic E-state index is 0.197. The van der Waals surface area contributed by atoms with Crippen LogP contribution in [0.15, 0.2) is 42.7 Å². The van der Waals surface area contributed by atoms with Crippen LogP contribution in [0, 0.1) is 0 Å². The summed E-state index contributed by atoms with van der Waals surface area (Å²) in [5.41, 5.74) is 2.03. The van der Waals surface area contributed by atoms with Crippen molar-refractivity contribution in [2.24, 2.45) is 0 Å². The molecule has 5 rings (SSSR count). The quantitative estimate of drug-likeness (QED) is 0.729. The topological polar surface area (TPSA) is 80.9 Å². The van der Waals surface area contributed by atoms with Gasteiger partial charge in [-0.05, 0) is 36.6 Å². The van der Waals surface area contributed by atoms with Gasteiger partial charge in [0.05, 0.1) is 18.7 Å². The third kappa shape index (κ3) is 3.67. The van der Waals surface area contributed by atoms with Crippen LogP contribution >= 0.6 is 0 Å². The highest BCUT2D eigenvalue weighted by Gasteiger charge is 2.28. The van der Waals surface area contributed by atoms with Crippen molar-refractivity contribution in [2.45, 2.75) is 38.3 Å². The second kappa shape index (κ2) is 7.79. The van der Waals surface area contributed by atoms with E-state index in [1.54, 1.807) is 6.20 Å². The van der Waals surface area contributed by atoms with Crippen molar-refractivity contribution in [1.29, 1.82) is 0 Å². The number of piperidine rings is 1. The summed E-state index contributed by atoms with van der Waals surface area (Å²) in [6.45, 7) is 4.27. The maximum absolute atomic E-state index is 12.8. The number of hydrogen-bond acceptors (Lipinski definition) is 5. The molecule has 1 fully saturated rings. The molecule has 0 spiro atoms. The van der Waals surface area contributed by atoms with Gasteiger partial charge in [-0.15, -0.1) is 10.2 Å². The molecule has 29 heavy (non-hydrogen) atoms. The number of amides is 1. The van der Waals surface area contributed by atoms with E-state index in [1.165, 1.54) is 0 Å². The van der Waals surface area contributed by atoms with Gasteiger partial charge in [0.2, 0.25) is 5.91 Å². The number of nitrogens with one attached hydrogen (secondary N) is 1. The molecule has 3 aromatic rings. The Kier molecular flexibility index (Phi) is 4.85. The van der Waals surface area contributed by atoms with E-state index >= 15 is 0 Å². The standard InChI is InChI=1S/C21H25N7O/c29-20(14-16-2-4-18(5-3-16)28-10-1-8-23-28)26-11-6-17(7-12-26)21-25-24-19-15-22-9-13-27(19)21/h1-5,8,10,17,22H,6-7,9,11-15H2. The lowest BCUT2D eigenvalue weighted by Crippen LogP contribution is -2.39. The smallest absolute Gasteiger partial charge is 0.226 e. The summed E-state index contributed by atoms with van der Waals surface area (Å²) in [5, 5.41) is 16.3. The molecule has 0 saturated carbocycles. The van der Waals surface area contributed by atoms with E-state index in [4.69, 9.17) is 0 Å². The van der Waals surface area contributed by atoms with Crippen molar-refractivity contribution in [1.82, 2.24) is 34.8 Å². The van der Waals surface area contributed by atoms with Crippen LogP contribution in [0.3, 0.4) is 0 Å². The van der Waals surface area contributed by atoms with Crippen molar-refractivity contribution in [3.8, 4) is 5.69 Å². The lowest BCUT2D eigenvalue weighted by molar-refractivity contribution is -0.131. The minimum Gasteiger partial charge on any atom is -0.342 e. The second-order valence-corrected chi connectivity index (χ2v) is 7.75. The predicted molar refractivity (Wildman–Crippen MR) is 108 cm³/mol. The maximum Gasteiger partial charge on any atom is 0.226 e. The molecule has 2 aromatic heterocycles. The highest BCUT2D eigenvalue weighted by molar-refractivity contribution is 5.79. The molecule has 0 unspecified atom stereocenters. The summed E-state index contributed by atoms with van der Waals surface area (Å²) in [6, 6.07) is 9.93. The Balaban J connectivity index is 1.18. The van der Waals surface area contributed by atoms with Crippen molar-refractivity contribution in [3.63, 3.8) is 0 Å². The number of carbonyl (C=O) groups excluding carboxylic acids is 1. The van der Waals surface area contributed by atoms with Crippen molar-refractivity contribution < 1.29 is 4.79 Å². The second-order valence-electron chi connectivity index (χ2n) is 7.75. The van der Waals surface area contributed by atoms with E-state index in [2.05, 4.69) is 25.2 Å². The SMILES string of the molecule is O=C(Cc1ccc(-n2cccn2)cc1)N1CCC(c2nnc3n2CCNC3)CC1. The van der Waals surface area contributed by atoms with Crippen molar-refractivity contribution >= 4 is 5.91 Å². The van der Waals surface area contributed by atoms with Gasteiger partial charge in [-0.1, -0.05) is 12.1 Å². The number of likely N-dealkylation sites (tertiary alicyclic amines) is 1. The first-order chi connectivity index (χ1) is 14.3. The van der Waals surface area contributed by atoms with Gasteiger partial charge in [-0.3, -0.25) is 4.79 Å². The van der Waals surface area contributed by atoms with Crippen LogP contribution in [0.2, 0.25) is 0 Å². The maximum atomic E-state index is 12.8. The molecule has 4 heterocycles. The summed E-state index contributed by atoms with van der Waals surface area (Å²) < 4.78 is 4.08. The van der Waals surface area contributed by atoms with Crippen molar-refractivity contribution in [2.75, 3.05) is 19.6 Å². The summed E-state index contributed by atoms with van der Waals surface area (Å²) in [5.74, 6) is 2.72. The van der Waals surface area contributed by atoms with Crippen LogP contribution in [-0.2, 0) is 24.3 Å². The molecule has 0 bridgehead atoms. The molecule has 0 aliphatic carbocycles. The number of hydrogen-bond donors (Lipinski definition) is 1. The predicted octanol–water partition coefficient (Wildman–Crippen LogP) is 1.52. The van der Waals surface area contributed by atoms with Crippen LogP contribution in [0.4, 0.5) is 0 Å². The summed E-state index contributed by atoms with van der Waals surface area (Å²) in [6.07, 6.45) is 6.02. The Morgan fingerprint density at radius 3 is 2.69 bits per heavy atom. The average Bonchev–Trinajstić information content (AvgIpc) is 3.45. The van der Waals surface area contributed by atoms with Gasteiger partial charge >= 0.3 is 0 Å². The first kappa shape index (κ1) is 18.1. The summed E-state index contributed by atoms with van der Waals surface area (Å²) >= 11 is 0. The summed E-state index contributed by atoms with van der Waals surface area (Å²) in [7, 11) is 0. The van der Waals surface area contributed by atoms with Gasteiger partial charge in [0, 0.05) is 44.5 Å². The van der Waals surface area contributed by atoms with Crippen LogP contribution in [0.1, 0.15) is 36.0 Å². The fraction of sp³-hybridized carbons (Fsp3) is 0.429. The molecule has 1 saturated heterocycles. The van der Waals surface area contributed by atoms with Crippen LogP contribution < -0.4 is 5.32 Å². The Morgan fingerprint density at radius 1 is 1.10 bits per heavy atom. The van der Waals surface area contributed by atoms with E-state index in [1.807, 2.05) is 46.1 Å². The van der Waals surface area contributed by atoms with E-state index in [0.29, 0.717) is 12.3 Å². The zero-order valence-electron chi connectivity index (χ0n) is 16.4. The van der Waals surface area contributed by atoms with Gasteiger partial charge in [0.25, 0.3) is 0 Å². The largest absolute Gasteiger partial charge is 0.342 e. The Bertz CT molecular complexity index is 969. The third-order valence-electron chi connectivity index (χ3n) is 5.92. The summed E-state index contributed by atoms with van der Waals surface area (Å²) in [4.78, 5) is 14.8. The van der Waals surface area contributed by atoms with Gasteiger partial charge in [-0.2, -0.15) is 5.10 Å². The number of nitrogens with zero attached hydrogens (tertiary/aromatic N) is 6. The Hall–Kier alpha value is -3.00. The van der Waals surface area contributed by atoms with Gasteiger partial charge in [0.1, 0.15) is 11.6 Å². The molecule has 0 atom stereocenters. The number of aromatic nitrogens is 5. The molecular formula is C21H25N7O. The van der Waals surface area contributed by atoms with Gasteiger partial charge < -0.3 is 14.8 Å². The third-order valence-corrected chi connectivity index (χ3v) is 5.92. The molecule has 8 heteroatoms. The zero-order valence-corrected chi connectivity index (χ0v) is 16.4. The highest BCUT2D eigenvalue weighted by atomic mass is 16.2. The van der Waals surface area contributed by atoms with Gasteiger partial charge in [-0.25, -0.2) is 4.68 Å². The highest BCUT2D eigenvalue weighted by Crippen LogP contribution is 2.28. The molecule has 1 aromatic carbocycles. The number of benzene rings is 1. The van der Waals surface area contributed by atoms with E-state index in [-0.39, 0.29) is 5.91 Å². The molecule has 2 aliphatic heterocycles. The first-order valence-corrected chi connectivity index (χ1v) is 10.3. The van der Waals surface area contributed by atoms with Crippen LogP contribution in [0.25, 0.3) is 5.69 Å². The fourth-order valence-corrected chi connectivity index (χ4v) is 4.28.